The molecule has 0 radical (unpaired) electrons. The van der Waals surface area contributed by atoms with E-state index in [4.69, 9.17) is 9.31 Å². The van der Waals surface area contributed by atoms with E-state index in [2.05, 4.69) is 0 Å². The molecule has 20 heavy (non-hydrogen) atoms. The summed E-state index contributed by atoms with van der Waals surface area (Å²) >= 11 is 0. The summed E-state index contributed by atoms with van der Waals surface area (Å²) in [4.78, 5) is 0. The van der Waals surface area contributed by atoms with Gasteiger partial charge in [0.25, 0.3) is 0 Å². The Morgan fingerprint density at radius 1 is 1.05 bits per heavy atom. The zero-order valence-corrected chi connectivity index (χ0v) is 12.3. The van der Waals surface area contributed by atoms with Gasteiger partial charge in [0.2, 0.25) is 0 Å². The van der Waals surface area contributed by atoms with Crippen molar-refractivity contribution in [3.05, 3.63) is 29.3 Å². The minimum atomic E-state index is -1.07. The van der Waals surface area contributed by atoms with Crippen LogP contribution < -0.4 is 5.46 Å². The van der Waals surface area contributed by atoms with Gasteiger partial charge in [-0.05, 0) is 46.8 Å². The van der Waals surface area contributed by atoms with Crippen LogP contribution in [-0.2, 0) is 9.31 Å². The molecule has 1 atom stereocenters. The minimum absolute atomic E-state index is 0.00514. The van der Waals surface area contributed by atoms with Crippen molar-refractivity contribution in [2.75, 3.05) is 0 Å². The van der Waals surface area contributed by atoms with Gasteiger partial charge in [0, 0.05) is 11.0 Å². The first kappa shape index (κ1) is 15.4. The fraction of sp³-hybridized carbons (Fsp3) is 0.571. The molecule has 6 heteroatoms. The van der Waals surface area contributed by atoms with Crippen molar-refractivity contribution in [1.82, 2.24) is 0 Å². The molecule has 2 rings (SSSR count). The van der Waals surface area contributed by atoms with E-state index in [1.807, 2.05) is 27.7 Å². The van der Waals surface area contributed by atoms with Gasteiger partial charge in [-0.2, -0.15) is 0 Å². The Labute approximate surface area is 118 Å². The molecule has 1 aliphatic heterocycles. The highest BCUT2D eigenvalue weighted by Gasteiger charge is 2.52. The molecule has 1 saturated heterocycles. The molecular formula is C14H19BF2O3. The average Bonchev–Trinajstić information content (AvgIpc) is 2.50. The molecule has 0 amide bonds. The van der Waals surface area contributed by atoms with E-state index in [0.29, 0.717) is 0 Å². The Kier molecular flexibility index (Phi) is 3.69. The monoisotopic (exact) mass is 284 g/mol. The van der Waals surface area contributed by atoms with Crippen LogP contribution in [0.15, 0.2) is 12.1 Å². The van der Waals surface area contributed by atoms with Gasteiger partial charge >= 0.3 is 7.12 Å². The molecule has 1 aliphatic rings. The van der Waals surface area contributed by atoms with E-state index in [1.165, 1.54) is 6.92 Å². The lowest BCUT2D eigenvalue weighted by Gasteiger charge is -2.32. The summed E-state index contributed by atoms with van der Waals surface area (Å²) in [7, 11) is -0.961. The first-order valence-electron chi connectivity index (χ1n) is 6.58. The lowest BCUT2D eigenvalue weighted by molar-refractivity contribution is 0.00578. The molecule has 3 nitrogen and oxygen atoms in total. The third-order valence-corrected chi connectivity index (χ3v) is 4.07. The third kappa shape index (κ3) is 2.48. The first-order valence-corrected chi connectivity index (χ1v) is 6.58. The number of benzene rings is 1. The van der Waals surface area contributed by atoms with Crippen molar-refractivity contribution in [2.45, 2.75) is 51.9 Å². The van der Waals surface area contributed by atoms with Gasteiger partial charge in [-0.1, -0.05) is 0 Å². The van der Waals surface area contributed by atoms with Crippen molar-refractivity contribution in [2.24, 2.45) is 0 Å². The molecule has 1 aromatic rings. The van der Waals surface area contributed by atoms with E-state index in [0.717, 1.165) is 12.1 Å². The predicted octanol–water partition coefficient (Wildman–Crippen LogP) is 2.32. The van der Waals surface area contributed by atoms with Crippen LogP contribution in [0.3, 0.4) is 0 Å². The van der Waals surface area contributed by atoms with Crippen molar-refractivity contribution in [1.29, 1.82) is 0 Å². The molecule has 1 unspecified atom stereocenters. The highest BCUT2D eigenvalue weighted by Crippen LogP contribution is 2.36. The van der Waals surface area contributed by atoms with E-state index >= 15 is 0 Å². The zero-order chi connectivity index (χ0) is 15.3. The molecule has 0 spiro atoms. The number of rotatable bonds is 2. The van der Waals surface area contributed by atoms with E-state index in [-0.39, 0.29) is 11.0 Å². The minimum Gasteiger partial charge on any atom is -0.399 e. The molecule has 1 N–H and O–H groups in total. The SMILES string of the molecule is CC(O)c1cc(F)c(B2OC(C)(C)C(C)(C)O2)cc1F. The van der Waals surface area contributed by atoms with Gasteiger partial charge in [0.05, 0.1) is 17.3 Å². The molecule has 110 valence electrons. The van der Waals surface area contributed by atoms with Crippen molar-refractivity contribution < 1.29 is 23.2 Å². The van der Waals surface area contributed by atoms with Crippen LogP contribution in [0.25, 0.3) is 0 Å². The summed E-state index contributed by atoms with van der Waals surface area (Å²) in [5.74, 6) is -1.33. The second-order valence-corrected chi connectivity index (χ2v) is 6.16. The van der Waals surface area contributed by atoms with Crippen molar-refractivity contribution in [3.63, 3.8) is 0 Å². The van der Waals surface area contributed by atoms with Crippen LogP contribution in [0.1, 0.15) is 46.3 Å². The standard InChI is InChI=1S/C14H19BF2O3/c1-8(18)9-6-12(17)10(7-11(9)16)15-19-13(2,3)14(4,5)20-15/h6-8,18H,1-5H3. The van der Waals surface area contributed by atoms with Crippen LogP contribution in [0.4, 0.5) is 8.78 Å². The number of halogens is 2. The van der Waals surface area contributed by atoms with Crippen LogP contribution in [-0.4, -0.2) is 23.4 Å². The van der Waals surface area contributed by atoms with Gasteiger partial charge in [0.15, 0.2) is 0 Å². The van der Waals surface area contributed by atoms with Crippen LogP contribution >= 0.6 is 0 Å². The third-order valence-electron chi connectivity index (χ3n) is 4.07. The summed E-state index contributed by atoms with van der Waals surface area (Å²) < 4.78 is 39.4. The second kappa shape index (κ2) is 4.79. The predicted molar refractivity (Wildman–Crippen MR) is 72.7 cm³/mol. The lowest BCUT2D eigenvalue weighted by atomic mass is 9.78. The maximum absolute atomic E-state index is 14.1. The summed E-state index contributed by atoms with van der Waals surface area (Å²) in [5.41, 5.74) is -1.32. The van der Waals surface area contributed by atoms with Gasteiger partial charge in [0.1, 0.15) is 11.6 Å². The van der Waals surface area contributed by atoms with Crippen LogP contribution in [0, 0.1) is 11.6 Å². The molecule has 1 fully saturated rings. The second-order valence-electron chi connectivity index (χ2n) is 6.16. The molecule has 0 aromatic heterocycles. The highest BCUT2D eigenvalue weighted by atomic mass is 19.1. The first-order chi connectivity index (χ1) is 9.05. The normalized spacial score (nSPS) is 22.1. The number of aliphatic hydroxyl groups is 1. The Hall–Kier alpha value is -0.975. The number of aliphatic hydroxyl groups excluding tert-OH is 1. The average molecular weight is 284 g/mol. The number of hydrogen-bond donors (Lipinski definition) is 1. The Morgan fingerprint density at radius 2 is 1.55 bits per heavy atom. The Morgan fingerprint density at radius 3 is 2.00 bits per heavy atom. The Bertz CT molecular complexity index is 513. The lowest BCUT2D eigenvalue weighted by Crippen LogP contribution is -2.41. The van der Waals surface area contributed by atoms with Gasteiger partial charge in [-0.15, -0.1) is 0 Å². The van der Waals surface area contributed by atoms with Crippen molar-refractivity contribution in [3.8, 4) is 0 Å². The maximum atomic E-state index is 14.1. The fourth-order valence-electron chi connectivity index (χ4n) is 2.05. The molecule has 1 heterocycles. The Balaban J connectivity index is 2.39. The van der Waals surface area contributed by atoms with Crippen LogP contribution in [0.5, 0.6) is 0 Å². The number of hydrogen-bond acceptors (Lipinski definition) is 3. The summed E-state index contributed by atoms with van der Waals surface area (Å²) in [6.45, 7) is 8.74. The maximum Gasteiger partial charge on any atom is 0.497 e. The van der Waals surface area contributed by atoms with Gasteiger partial charge in [-0.25, -0.2) is 8.78 Å². The topological polar surface area (TPSA) is 38.7 Å². The smallest absolute Gasteiger partial charge is 0.399 e. The van der Waals surface area contributed by atoms with Crippen LogP contribution in [0.2, 0.25) is 0 Å². The van der Waals surface area contributed by atoms with Crippen molar-refractivity contribution >= 4 is 12.6 Å². The largest absolute Gasteiger partial charge is 0.497 e. The van der Waals surface area contributed by atoms with E-state index < -0.39 is 36.1 Å². The highest BCUT2D eigenvalue weighted by molar-refractivity contribution is 6.62. The summed E-state index contributed by atoms with van der Waals surface area (Å²) in [6, 6.07) is 2.01. The molecular weight excluding hydrogens is 265 g/mol. The zero-order valence-electron chi connectivity index (χ0n) is 12.3. The summed E-state index contributed by atoms with van der Waals surface area (Å²) in [5, 5.41) is 9.38. The molecule has 0 bridgehead atoms. The molecule has 0 saturated carbocycles. The quantitative estimate of drug-likeness (QED) is 0.847. The van der Waals surface area contributed by atoms with Gasteiger partial charge in [-0.3, -0.25) is 0 Å². The van der Waals surface area contributed by atoms with Gasteiger partial charge < -0.3 is 14.4 Å². The van der Waals surface area contributed by atoms with E-state index in [1.54, 1.807) is 0 Å². The molecule has 0 aliphatic carbocycles. The molecule has 1 aromatic carbocycles. The fourth-order valence-corrected chi connectivity index (χ4v) is 2.05. The van der Waals surface area contributed by atoms with E-state index in [9.17, 15) is 13.9 Å². The summed E-state index contributed by atoms with van der Waals surface area (Å²) in [6.07, 6.45) is -1.07.